The molecule has 0 radical (unpaired) electrons. The number of aryl methyl sites for hydroxylation is 1. The monoisotopic (exact) mass is 355 g/mol. The quantitative estimate of drug-likeness (QED) is 0.582. The molecular weight excluding hydrogens is 330 g/mol. The Hall–Kier alpha value is -2.74. The molecule has 0 spiro atoms. The third-order valence-electron chi connectivity index (χ3n) is 5.98. The van der Waals surface area contributed by atoms with Crippen LogP contribution < -0.4 is 4.74 Å². The van der Waals surface area contributed by atoms with Crippen LogP contribution in [-0.2, 0) is 25.7 Å². The summed E-state index contributed by atoms with van der Waals surface area (Å²) in [4.78, 5) is 3.48. The van der Waals surface area contributed by atoms with Gasteiger partial charge in [-0.05, 0) is 72.4 Å². The Labute approximate surface area is 160 Å². The van der Waals surface area contributed by atoms with Crippen LogP contribution in [0.25, 0.3) is 6.08 Å². The summed E-state index contributed by atoms with van der Waals surface area (Å²) in [5, 5.41) is 0. The largest absolute Gasteiger partial charge is 0.493 e. The standard InChI is InChI=1S/C25H25NO/c1-2-7-20-17-21(16-19(20)6-1)22-13-14-26-24(22)11-5-15-27-25-12-4-9-18-8-3-10-23(18)25/h1-4,6-9,12-14,21,26H,5,10-11,15-17H2. The minimum Gasteiger partial charge on any atom is -0.493 e. The van der Waals surface area contributed by atoms with E-state index in [-0.39, 0.29) is 0 Å². The zero-order valence-electron chi connectivity index (χ0n) is 15.6. The third kappa shape index (κ3) is 3.21. The van der Waals surface area contributed by atoms with Crippen molar-refractivity contribution < 1.29 is 4.74 Å². The number of allylic oxidation sites excluding steroid dienone is 1. The third-order valence-corrected chi connectivity index (χ3v) is 5.98. The van der Waals surface area contributed by atoms with Crippen LogP contribution in [0.1, 0.15) is 45.8 Å². The summed E-state index contributed by atoms with van der Waals surface area (Å²) in [7, 11) is 0. The molecule has 1 N–H and O–H groups in total. The molecule has 2 nitrogen and oxygen atoms in total. The van der Waals surface area contributed by atoms with Gasteiger partial charge in [0.05, 0.1) is 6.61 Å². The van der Waals surface area contributed by atoms with Gasteiger partial charge in [0, 0.05) is 17.5 Å². The molecule has 2 aromatic carbocycles. The van der Waals surface area contributed by atoms with E-state index >= 15 is 0 Å². The molecule has 0 bridgehead atoms. The number of fused-ring (bicyclic) bond motifs is 2. The lowest BCUT2D eigenvalue weighted by Gasteiger charge is -2.13. The minimum atomic E-state index is 0.619. The SMILES string of the molecule is C1=Cc2cccc(OCCCc3[nH]ccc3C3Cc4ccccc4C3)c2C1. The van der Waals surface area contributed by atoms with Crippen molar-refractivity contribution in [1.82, 2.24) is 4.98 Å². The van der Waals surface area contributed by atoms with E-state index < -0.39 is 0 Å². The molecule has 0 fully saturated rings. The maximum Gasteiger partial charge on any atom is 0.123 e. The number of rotatable bonds is 6. The zero-order chi connectivity index (χ0) is 18.1. The summed E-state index contributed by atoms with van der Waals surface area (Å²) < 4.78 is 6.11. The Morgan fingerprint density at radius 2 is 1.81 bits per heavy atom. The van der Waals surface area contributed by atoms with E-state index in [9.17, 15) is 0 Å². The van der Waals surface area contributed by atoms with Gasteiger partial charge in [0.1, 0.15) is 5.75 Å². The Kier molecular flexibility index (Phi) is 4.33. The molecule has 3 aromatic rings. The summed E-state index contributed by atoms with van der Waals surface area (Å²) in [6, 6.07) is 17.5. The van der Waals surface area contributed by atoms with Gasteiger partial charge in [-0.1, -0.05) is 48.6 Å². The predicted octanol–water partition coefficient (Wildman–Crippen LogP) is 5.48. The minimum absolute atomic E-state index is 0.619. The van der Waals surface area contributed by atoms with E-state index in [2.05, 4.69) is 71.9 Å². The van der Waals surface area contributed by atoms with E-state index in [1.807, 2.05) is 0 Å². The van der Waals surface area contributed by atoms with E-state index in [0.29, 0.717) is 5.92 Å². The number of hydrogen-bond acceptors (Lipinski definition) is 1. The fourth-order valence-corrected chi connectivity index (χ4v) is 4.62. The van der Waals surface area contributed by atoms with E-state index in [4.69, 9.17) is 4.74 Å². The van der Waals surface area contributed by atoms with Crippen LogP contribution in [0.15, 0.2) is 60.8 Å². The lowest BCUT2D eigenvalue weighted by Crippen LogP contribution is -2.05. The fraction of sp³-hybridized carbons (Fsp3) is 0.280. The molecule has 0 aliphatic heterocycles. The number of aromatic nitrogens is 1. The average Bonchev–Trinajstić information content (AvgIpc) is 3.43. The molecule has 1 aromatic heterocycles. The van der Waals surface area contributed by atoms with Crippen molar-refractivity contribution in [3.8, 4) is 5.75 Å². The second-order valence-corrected chi connectivity index (χ2v) is 7.67. The Bertz CT molecular complexity index is 956. The van der Waals surface area contributed by atoms with Crippen LogP contribution in [0.4, 0.5) is 0 Å². The van der Waals surface area contributed by atoms with Gasteiger partial charge in [-0.25, -0.2) is 0 Å². The number of H-pyrrole nitrogens is 1. The Morgan fingerprint density at radius 1 is 0.963 bits per heavy atom. The molecule has 27 heavy (non-hydrogen) atoms. The van der Waals surface area contributed by atoms with Gasteiger partial charge in [0.25, 0.3) is 0 Å². The molecular formula is C25H25NO. The first-order chi connectivity index (χ1) is 13.4. The van der Waals surface area contributed by atoms with Gasteiger partial charge in [-0.15, -0.1) is 0 Å². The summed E-state index contributed by atoms with van der Waals surface area (Å²) in [6.45, 7) is 0.764. The molecule has 0 saturated carbocycles. The van der Waals surface area contributed by atoms with Crippen molar-refractivity contribution in [2.45, 2.75) is 38.0 Å². The van der Waals surface area contributed by atoms with E-state index in [1.54, 1.807) is 0 Å². The van der Waals surface area contributed by atoms with Gasteiger partial charge >= 0.3 is 0 Å². The van der Waals surface area contributed by atoms with E-state index in [0.717, 1.165) is 31.6 Å². The predicted molar refractivity (Wildman–Crippen MR) is 110 cm³/mol. The summed E-state index contributed by atoms with van der Waals surface area (Å²) in [5.74, 6) is 1.67. The molecule has 5 rings (SSSR count). The van der Waals surface area contributed by atoms with Gasteiger partial charge in [0.2, 0.25) is 0 Å². The van der Waals surface area contributed by atoms with Gasteiger partial charge in [-0.3, -0.25) is 0 Å². The smallest absolute Gasteiger partial charge is 0.123 e. The van der Waals surface area contributed by atoms with Crippen molar-refractivity contribution in [3.05, 3.63) is 94.3 Å². The summed E-state index contributed by atoms with van der Waals surface area (Å²) >= 11 is 0. The molecule has 0 unspecified atom stereocenters. The van der Waals surface area contributed by atoms with Crippen molar-refractivity contribution in [3.63, 3.8) is 0 Å². The molecule has 2 aliphatic carbocycles. The first kappa shape index (κ1) is 16.4. The second-order valence-electron chi connectivity index (χ2n) is 7.67. The highest BCUT2D eigenvalue weighted by atomic mass is 16.5. The van der Waals surface area contributed by atoms with Crippen LogP contribution in [0, 0.1) is 0 Å². The molecule has 0 atom stereocenters. The molecule has 1 heterocycles. The zero-order valence-corrected chi connectivity index (χ0v) is 15.6. The van der Waals surface area contributed by atoms with Crippen LogP contribution in [-0.4, -0.2) is 11.6 Å². The highest BCUT2D eigenvalue weighted by Crippen LogP contribution is 2.35. The van der Waals surface area contributed by atoms with Crippen LogP contribution in [0.2, 0.25) is 0 Å². The van der Waals surface area contributed by atoms with Gasteiger partial charge in [0.15, 0.2) is 0 Å². The van der Waals surface area contributed by atoms with E-state index in [1.165, 1.54) is 46.4 Å². The van der Waals surface area contributed by atoms with Crippen molar-refractivity contribution in [2.24, 2.45) is 0 Å². The lowest BCUT2D eigenvalue weighted by molar-refractivity contribution is 0.308. The van der Waals surface area contributed by atoms with Crippen LogP contribution >= 0.6 is 0 Å². The lowest BCUT2D eigenvalue weighted by atomic mass is 9.95. The number of ether oxygens (including phenoxy) is 1. The van der Waals surface area contributed by atoms with Gasteiger partial charge < -0.3 is 9.72 Å². The number of nitrogens with one attached hydrogen (secondary N) is 1. The molecule has 136 valence electrons. The molecule has 0 saturated heterocycles. The molecule has 2 heteroatoms. The maximum atomic E-state index is 6.11. The first-order valence-corrected chi connectivity index (χ1v) is 10.0. The summed E-state index contributed by atoms with van der Waals surface area (Å²) in [5.41, 5.74) is 8.56. The normalized spacial score (nSPS) is 15.1. The summed E-state index contributed by atoms with van der Waals surface area (Å²) in [6.07, 6.45) is 11.9. The highest BCUT2D eigenvalue weighted by molar-refractivity contribution is 5.63. The topological polar surface area (TPSA) is 25.0 Å². The number of benzene rings is 2. The van der Waals surface area contributed by atoms with Crippen LogP contribution in [0.5, 0.6) is 5.75 Å². The first-order valence-electron chi connectivity index (χ1n) is 10.0. The van der Waals surface area contributed by atoms with Crippen molar-refractivity contribution >= 4 is 6.08 Å². The maximum absolute atomic E-state index is 6.11. The number of aromatic amines is 1. The van der Waals surface area contributed by atoms with Gasteiger partial charge in [-0.2, -0.15) is 0 Å². The highest BCUT2D eigenvalue weighted by Gasteiger charge is 2.24. The van der Waals surface area contributed by atoms with Crippen molar-refractivity contribution in [1.29, 1.82) is 0 Å². The Morgan fingerprint density at radius 3 is 2.67 bits per heavy atom. The second kappa shape index (κ2) is 7.11. The van der Waals surface area contributed by atoms with Crippen LogP contribution in [0.3, 0.4) is 0 Å². The number of hydrogen-bond donors (Lipinski definition) is 1. The van der Waals surface area contributed by atoms with Crippen molar-refractivity contribution in [2.75, 3.05) is 6.61 Å². The molecule has 2 aliphatic rings. The fourth-order valence-electron chi connectivity index (χ4n) is 4.62. The Balaban J connectivity index is 1.19. The molecule has 0 amide bonds. The average molecular weight is 355 g/mol.